The van der Waals surface area contributed by atoms with E-state index in [0.29, 0.717) is 134 Å². The third-order valence-corrected chi connectivity index (χ3v) is 13.4. The Morgan fingerprint density at radius 1 is 0.651 bits per heavy atom. The van der Waals surface area contributed by atoms with Crippen LogP contribution in [0.3, 0.4) is 0 Å². The van der Waals surface area contributed by atoms with E-state index in [0.717, 1.165) is 23.4 Å². The molecule has 4 N–H and O–H groups in total. The van der Waals surface area contributed by atoms with Crippen LogP contribution in [0.4, 0.5) is 34.1 Å². The van der Waals surface area contributed by atoms with E-state index in [9.17, 15) is 25.4 Å². The molecule has 83 heavy (non-hydrogen) atoms. The molecule has 4 aromatic carbocycles. The van der Waals surface area contributed by atoms with Gasteiger partial charge in [0.2, 0.25) is 11.8 Å². The number of aryl methyl sites for hydroxylation is 1. The maximum atomic E-state index is 13.5. The van der Waals surface area contributed by atoms with E-state index in [2.05, 4.69) is 59.4 Å². The van der Waals surface area contributed by atoms with Crippen molar-refractivity contribution < 1.29 is 28.5 Å². The highest BCUT2D eigenvalue weighted by molar-refractivity contribution is 6.32. The molecule has 0 atom stereocenters. The first-order valence-corrected chi connectivity index (χ1v) is 27.2. The second-order valence-electron chi connectivity index (χ2n) is 19.3. The Bertz CT molecular complexity index is 3870. The number of aromatic nitrogens is 4. The lowest BCUT2D eigenvalue weighted by Gasteiger charge is -2.17. The molecule has 21 heteroatoms. The summed E-state index contributed by atoms with van der Waals surface area (Å²) in [6.45, 7) is 8.07. The molecular weight excluding hydrogens is 1090 g/mol. The average molecular weight is 1150 g/mol. The highest BCUT2D eigenvalue weighted by Crippen LogP contribution is 2.40. The van der Waals surface area contributed by atoms with Crippen molar-refractivity contribution in [2.45, 2.75) is 53.4 Å². The average Bonchev–Trinajstić information content (AvgIpc) is 3.32. The molecule has 19 nitrogen and oxygen atoms in total. The molecule has 0 saturated heterocycles. The number of hydrogen-bond acceptors (Lipinski definition) is 17. The molecule has 8 rings (SSSR count). The van der Waals surface area contributed by atoms with Gasteiger partial charge < -0.3 is 45.1 Å². The van der Waals surface area contributed by atoms with Gasteiger partial charge in [0.05, 0.1) is 85.1 Å². The summed E-state index contributed by atoms with van der Waals surface area (Å²) in [5.74, 6) is 1.08. The number of rotatable bonds is 25. The summed E-state index contributed by atoms with van der Waals surface area (Å²) >= 11 is 13.4. The molecule has 0 saturated carbocycles. The van der Waals surface area contributed by atoms with Crippen LogP contribution in [0.1, 0.15) is 65.9 Å². The summed E-state index contributed by atoms with van der Waals surface area (Å²) in [6, 6.07) is 29.4. The van der Waals surface area contributed by atoms with Crippen molar-refractivity contribution in [1.82, 2.24) is 29.7 Å². The quantitative estimate of drug-likeness (QED) is 0.0388. The van der Waals surface area contributed by atoms with Crippen LogP contribution in [0.25, 0.3) is 21.8 Å². The number of nitriles is 3. The minimum Gasteiger partial charge on any atom is -0.492 e. The molecule has 4 heterocycles. The van der Waals surface area contributed by atoms with E-state index in [1.807, 2.05) is 63.8 Å². The van der Waals surface area contributed by atoms with Gasteiger partial charge in [-0.3, -0.25) is 34.4 Å². The van der Waals surface area contributed by atoms with E-state index >= 15 is 0 Å². The summed E-state index contributed by atoms with van der Waals surface area (Å²) in [5, 5.41) is 44.7. The zero-order valence-corrected chi connectivity index (χ0v) is 48.1. The lowest BCUT2D eigenvalue weighted by molar-refractivity contribution is -0.116. The Kier molecular flexibility index (Phi) is 20.3. The molecule has 0 aliphatic heterocycles. The normalized spacial score (nSPS) is 11.1. The second kappa shape index (κ2) is 28.2. The van der Waals surface area contributed by atoms with Crippen LogP contribution in [0.5, 0.6) is 23.0 Å². The van der Waals surface area contributed by atoms with Gasteiger partial charge in [0.25, 0.3) is 0 Å². The number of nitrogens with zero attached hydrogens (tertiary/aromatic N) is 9. The van der Waals surface area contributed by atoms with Crippen LogP contribution in [0.2, 0.25) is 10.0 Å². The highest BCUT2D eigenvalue weighted by Gasteiger charge is 2.20. The van der Waals surface area contributed by atoms with E-state index in [-0.39, 0.29) is 35.3 Å². The van der Waals surface area contributed by atoms with Crippen LogP contribution in [-0.4, -0.2) is 89.0 Å². The van der Waals surface area contributed by atoms with Gasteiger partial charge in [0.15, 0.2) is 0 Å². The van der Waals surface area contributed by atoms with Crippen LogP contribution in [0.15, 0.2) is 116 Å². The SMILES string of the molecule is CCOc1cc2ncc(C#N)c(Nc3ccc(OCc4ncccc4C)c(Cl)c3)c2cc1NC(=O)/C=C/CN(C)Cc1cnc(COc2ccc(Nc3c(C#N)cnc4cc(OCC)c(NC(=O)CCCN(C)C)cc34)cc2Cl)c(C#N)c1. The topological polar surface area (TPSA) is 249 Å². The largest absolute Gasteiger partial charge is 0.492 e. The molecule has 0 fully saturated rings. The first-order chi connectivity index (χ1) is 40.2. The highest BCUT2D eigenvalue weighted by atomic mass is 35.5. The third-order valence-electron chi connectivity index (χ3n) is 12.9. The monoisotopic (exact) mass is 1150 g/mol. The molecular formula is C62H59Cl2N13O6. The number of hydrogen-bond donors (Lipinski definition) is 4. The number of pyridine rings is 4. The third kappa shape index (κ3) is 15.5. The Morgan fingerprint density at radius 2 is 1.22 bits per heavy atom. The summed E-state index contributed by atoms with van der Waals surface area (Å²) in [5.41, 5.74) is 7.78. The summed E-state index contributed by atoms with van der Waals surface area (Å²) in [7, 11) is 5.78. The summed E-state index contributed by atoms with van der Waals surface area (Å²) in [4.78, 5) is 48.3. The minimum atomic E-state index is -0.416. The second-order valence-corrected chi connectivity index (χ2v) is 20.1. The number of halogens is 2. The fourth-order valence-corrected chi connectivity index (χ4v) is 9.23. The predicted octanol–water partition coefficient (Wildman–Crippen LogP) is 12.2. The van der Waals surface area contributed by atoms with Crippen molar-refractivity contribution in [3.05, 3.63) is 165 Å². The van der Waals surface area contributed by atoms with Gasteiger partial charge in [0, 0.05) is 84.7 Å². The van der Waals surface area contributed by atoms with Gasteiger partial charge in [-0.1, -0.05) is 35.3 Å². The Balaban J connectivity index is 0.884. The lowest BCUT2D eigenvalue weighted by atomic mass is 10.1. The zero-order valence-electron chi connectivity index (χ0n) is 46.6. The van der Waals surface area contributed by atoms with Gasteiger partial charge in [-0.05, 0) is 127 Å². The first kappa shape index (κ1) is 59.6. The molecule has 0 unspecified atom stereocenters. The van der Waals surface area contributed by atoms with E-state index in [1.54, 1.807) is 85.2 Å². The van der Waals surface area contributed by atoms with Crippen LogP contribution in [0, 0.1) is 40.9 Å². The molecule has 4 aromatic heterocycles. The Morgan fingerprint density at radius 3 is 1.75 bits per heavy atom. The van der Waals surface area contributed by atoms with Crippen molar-refractivity contribution >= 4 is 90.9 Å². The molecule has 0 radical (unpaired) electrons. The number of nitrogens with one attached hydrogen (secondary N) is 4. The number of carbonyl (C=O) groups is 2. The number of fused-ring (bicyclic) bond motifs is 2. The maximum absolute atomic E-state index is 13.5. The molecule has 0 aliphatic carbocycles. The van der Waals surface area contributed by atoms with Gasteiger partial charge >= 0.3 is 0 Å². The molecule has 0 aliphatic rings. The van der Waals surface area contributed by atoms with Crippen molar-refractivity contribution in [1.29, 1.82) is 15.8 Å². The van der Waals surface area contributed by atoms with E-state index < -0.39 is 5.91 Å². The first-order valence-electron chi connectivity index (χ1n) is 26.4. The minimum absolute atomic E-state index is 0.0502. The number of benzene rings is 4. The zero-order chi connectivity index (χ0) is 59.0. The fraction of sp³-hybridized carbons (Fsp3) is 0.242. The smallest absolute Gasteiger partial charge is 0.248 e. The van der Waals surface area contributed by atoms with E-state index in [4.69, 9.17) is 42.1 Å². The molecule has 2 amide bonds. The number of amides is 2. The Hall–Kier alpha value is -9.55. The van der Waals surface area contributed by atoms with Crippen LogP contribution >= 0.6 is 23.2 Å². The predicted molar refractivity (Wildman–Crippen MR) is 322 cm³/mol. The number of carbonyl (C=O) groups excluding carboxylic acids is 2. The van der Waals surface area contributed by atoms with Crippen molar-refractivity contribution in [2.75, 3.05) is 68.7 Å². The van der Waals surface area contributed by atoms with Crippen molar-refractivity contribution in [3.63, 3.8) is 0 Å². The van der Waals surface area contributed by atoms with Crippen molar-refractivity contribution in [2.24, 2.45) is 0 Å². The van der Waals surface area contributed by atoms with Crippen molar-refractivity contribution in [3.8, 4) is 41.2 Å². The standard InChI is InChI=1S/C62H59Cl2N13O6/c1-7-80-57-27-49-45(25-51(57)74-59(78)13-10-20-76(4)5)61(41(30-66)33-70-49)73-44-16-18-56(48(64)24-44)83-37-54-40(29-65)22-39(32-69-54)35-77(6)21-11-14-60(79)75-52-26-46-50(28-58(52)81-8-2)71-34-42(31-67)62(46)72-43-15-17-55(47(63)23-43)82-36-53-38(3)12-9-19-68-53/h9,11-12,14-19,22-28,32-34H,7-8,10,13,20-21,35-37H2,1-6H3,(H,70,73)(H,71,72)(H,74,78)(H,75,79)/b14-11+. The molecule has 422 valence electrons. The van der Waals surface area contributed by atoms with Crippen LogP contribution in [-0.2, 0) is 29.3 Å². The molecule has 0 bridgehead atoms. The van der Waals surface area contributed by atoms with Gasteiger partial charge in [-0.25, -0.2) is 0 Å². The van der Waals surface area contributed by atoms with Gasteiger partial charge in [-0.2, -0.15) is 15.8 Å². The lowest BCUT2D eigenvalue weighted by Crippen LogP contribution is -2.19. The molecule has 0 spiro atoms. The van der Waals surface area contributed by atoms with Crippen LogP contribution < -0.4 is 40.2 Å². The summed E-state index contributed by atoms with van der Waals surface area (Å²) in [6.07, 6.45) is 10.5. The van der Waals surface area contributed by atoms with E-state index in [1.165, 1.54) is 18.5 Å². The number of ether oxygens (including phenoxy) is 4. The van der Waals surface area contributed by atoms with Gasteiger partial charge in [-0.15, -0.1) is 0 Å². The maximum Gasteiger partial charge on any atom is 0.248 e. The number of likely N-dealkylation sites (N-methyl/N-ethyl adjacent to an activating group) is 1. The Labute approximate surface area is 491 Å². The van der Waals surface area contributed by atoms with Gasteiger partial charge in [0.1, 0.15) is 54.4 Å². The summed E-state index contributed by atoms with van der Waals surface area (Å²) < 4.78 is 23.8. The fourth-order valence-electron chi connectivity index (χ4n) is 8.76. The molecule has 8 aromatic rings. The number of anilines is 6.